The third-order valence-electron chi connectivity index (χ3n) is 9.90. The summed E-state index contributed by atoms with van der Waals surface area (Å²) in [6, 6.07) is 12.1. The lowest BCUT2D eigenvalue weighted by Gasteiger charge is -2.38. The van der Waals surface area contributed by atoms with Crippen molar-refractivity contribution in [3.63, 3.8) is 0 Å². The maximum Gasteiger partial charge on any atom is 0.255 e. The molecule has 10 nitrogen and oxygen atoms in total. The average Bonchev–Trinajstić information content (AvgIpc) is 3.66. The van der Waals surface area contributed by atoms with E-state index in [-0.39, 0.29) is 23.7 Å². The molecule has 0 bridgehead atoms. The van der Waals surface area contributed by atoms with E-state index in [1.807, 2.05) is 12.3 Å². The number of nitrogens with zero attached hydrogens (tertiary/aromatic N) is 3. The molecule has 10 heteroatoms. The first kappa shape index (κ1) is 25.7. The maximum atomic E-state index is 13.3. The monoisotopic (exact) mass is 567 g/mol. The van der Waals surface area contributed by atoms with Gasteiger partial charge in [-0.3, -0.25) is 29.7 Å². The molecule has 5 aliphatic heterocycles. The fraction of sp³-hybridized carbons (Fsp3) is 0.438. The van der Waals surface area contributed by atoms with Crippen LogP contribution in [0.4, 0.5) is 0 Å². The van der Waals surface area contributed by atoms with E-state index >= 15 is 0 Å². The van der Waals surface area contributed by atoms with Gasteiger partial charge in [0.05, 0.1) is 38.3 Å². The highest BCUT2D eigenvalue weighted by Gasteiger charge is 2.47. The van der Waals surface area contributed by atoms with Gasteiger partial charge in [0.25, 0.3) is 5.91 Å². The number of likely N-dealkylation sites (tertiary alicyclic amines) is 1. The number of imide groups is 1. The fourth-order valence-corrected chi connectivity index (χ4v) is 7.37. The predicted molar refractivity (Wildman–Crippen MR) is 152 cm³/mol. The summed E-state index contributed by atoms with van der Waals surface area (Å²) in [7, 11) is 0. The minimum Gasteiger partial charge on any atom is -0.492 e. The molecule has 5 aliphatic rings. The van der Waals surface area contributed by atoms with Crippen LogP contribution in [0, 0.1) is 0 Å². The van der Waals surface area contributed by atoms with E-state index < -0.39 is 11.9 Å². The Labute approximate surface area is 243 Å². The van der Waals surface area contributed by atoms with Crippen molar-refractivity contribution in [2.45, 2.75) is 56.1 Å². The molecule has 2 aromatic carbocycles. The zero-order valence-electron chi connectivity index (χ0n) is 23.4. The number of ether oxygens (including phenoxy) is 2. The van der Waals surface area contributed by atoms with Gasteiger partial charge in [0.2, 0.25) is 11.8 Å². The van der Waals surface area contributed by atoms with Gasteiger partial charge in [-0.2, -0.15) is 5.10 Å². The zero-order valence-corrected chi connectivity index (χ0v) is 23.4. The van der Waals surface area contributed by atoms with Crippen LogP contribution in [-0.2, 0) is 32.8 Å². The Morgan fingerprint density at radius 1 is 1.05 bits per heavy atom. The molecule has 216 valence electrons. The van der Waals surface area contributed by atoms with Crippen molar-refractivity contribution in [1.29, 1.82) is 0 Å². The highest BCUT2D eigenvalue weighted by atomic mass is 16.5. The molecule has 1 unspecified atom stereocenters. The Hall–Kier alpha value is -4.02. The molecule has 2 N–H and O–H groups in total. The molecule has 0 saturated carbocycles. The molecule has 42 heavy (non-hydrogen) atoms. The van der Waals surface area contributed by atoms with E-state index in [9.17, 15) is 14.4 Å². The number of benzene rings is 2. The lowest BCUT2D eigenvalue weighted by molar-refractivity contribution is -0.136. The van der Waals surface area contributed by atoms with E-state index in [0.29, 0.717) is 31.1 Å². The minimum atomic E-state index is -0.623. The van der Waals surface area contributed by atoms with Crippen LogP contribution in [0.15, 0.2) is 42.6 Å². The van der Waals surface area contributed by atoms with E-state index in [1.165, 1.54) is 16.7 Å². The molecular formula is C32H33N5O5. The third-order valence-corrected chi connectivity index (χ3v) is 9.90. The molecule has 3 amide bonds. The number of hydrogen-bond donors (Lipinski definition) is 2. The number of H-pyrrole nitrogens is 1. The number of hydrogen-bond acceptors (Lipinski definition) is 7. The van der Waals surface area contributed by atoms with E-state index in [0.717, 1.165) is 68.3 Å². The number of carbonyl (C=O) groups excluding carboxylic acids is 3. The first-order valence-electron chi connectivity index (χ1n) is 14.9. The topological polar surface area (TPSA) is 117 Å². The summed E-state index contributed by atoms with van der Waals surface area (Å²) >= 11 is 0. The van der Waals surface area contributed by atoms with Crippen LogP contribution in [0.5, 0.6) is 5.75 Å². The second kappa shape index (κ2) is 9.78. The summed E-state index contributed by atoms with van der Waals surface area (Å²) in [5, 5.41) is 9.87. The van der Waals surface area contributed by atoms with Crippen molar-refractivity contribution in [2.75, 3.05) is 32.9 Å². The van der Waals surface area contributed by atoms with Gasteiger partial charge < -0.3 is 14.4 Å². The summed E-state index contributed by atoms with van der Waals surface area (Å²) in [4.78, 5) is 41.5. The summed E-state index contributed by atoms with van der Waals surface area (Å²) in [5.74, 6) is 0.382. The number of fused-ring (bicyclic) bond motifs is 4. The zero-order chi connectivity index (χ0) is 28.4. The van der Waals surface area contributed by atoms with Crippen LogP contribution in [-0.4, -0.2) is 76.7 Å². The second-order valence-electron chi connectivity index (χ2n) is 12.3. The van der Waals surface area contributed by atoms with Crippen molar-refractivity contribution < 1.29 is 23.9 Å². The standard InChI is InChI=1S/C32H33N5O5/c38-27-7-6-26(30(39)34-27)37-15-24-22(31(37)40)4-5-25-29(24)42-18-32(25)8-10-36(11-9-32)14-19-2-1-3-20(12-19)23-13-33-35-28(23)21-16-41-17-21/h1-5,12-13,21,26H,6-11,14-18H2,(H,33,35)(H,34,38,39). The number of aromatic amines is 1. The highest BCUT2D eigenvalue weighted by Crippen LogP contribution is 2.49. The van der Waals surface area contributed by atoms with Gasteiger partial charge in [0.1, 0.15) is 11.8 Å². The molecule has 3 saturated heterocycles. The van der Waals surface area contributed by atoms with E-state index in [4.69, 9.17) is 9.47 Å². The summed E-state index contributed by atoms with van der Waals surface area (Å²) in [6.45, 7) is 5.25. The predicted octanol–water partition coefficient (Wildman–Crippen LogP) is 2.88. The summed E-state index contributed by atoms with van der Waals surface area (Å²) < 4.78 is 11.7. The Bertz CT molecular complexity index is 1600. The molecule has 1 aromatic heterocycles. The average molecular weight is 568 g/mol. The molecule has 0 radical (unpaired) electrons. The Morgan fingerprint density at radius 3 is 2.69 bits per heavy atom. The van der Waals surface area contributed by atoms with Crippen molar-refractivity contribution >= 4 is 17.7 Å². The number of piperidine rings is 2. The minimum absolute atomic E-state index is 0.0651. The lowest BCUT2D eigenvalue weighted by atomic mass is 9.74. The Kier molecular flexibility index (Phi) is 5.98. The van der Waals surface area contributed by atoms with Crippen LogP contribution in [0.3, 0.4) is 0 Å². The van der Waals surface area contributed by atoms with Crippen LogP contribution in [0.25, 0.3) is 11.1 Å². The van der Waals surface area contributed by atoms with Crippen molar-refractivity contribution in [1.82, 2.24) is 25.3 Å². The maximum absolute atomic E-state index is 13.3. The van der Waals surface area contributed by atoms with Crippen LogP contribution >= 0.6 is 0 Å². The van der Waals surface area contributed by atoms with Gasteiger partial charge in [-0.15, -0.1) is 0 Å². The Morgan fingerprint density at radius 2 is 1.90 bits per heavy atom. The summed E-state index contributed by atoms with van der Waals surface area (Å²) in [6.07, 6.45) is 4.49. The van der Waals surface area contributed by atoms with Gasteiger partial charge in [-0.25, -0.2) is 0 Å². The van der Waals surface area contributed by atoms with Crippen LogP contribution < -0.4 is 10.1 Å². The quantitative estimate of drug-likeness (QED) is 0.456. The number of rotatable bonds is 5. The molecule has 1 spiro atoms. The first-order chi connectivity index (χ1) is 20.5. The molecule has 1 atom stereocenters. The van der Waals surface area contributed by atoms with Gasteiger partial charge in [-0.05, 0) is 55.6 Å². The second-order valence-corrected chi connectivity index (χ2v) is 12.3. The van der Waals surface area contributed by atoms with Crippen LogP contribution in [0.2, 0.25) is 0 Å². The smallest absolute Gasteiger partial charge is 0.255 e. The van der Waals surface area contributed by atoms with Crippen molar-refractivity contribution in [3.05, 3.63) is 70.5 Å². The van der Waals surface area contributed by atoms with Gasteiger partial charge >= 0.3 is 0 Å². The van der Waals surface area contributed by atoms with E-state index in [1.54, 1.807) is 4.90 Å². The molecule has 6 heterocycles. The fourth-order valence-electron chi connectivity index (χ4n) is 7.37. The number of amides is 3. The molecule has 0 aliphatic carbocycles. The van der Waals surface area contributed by atoms with Gasteiger partial charge in [0.15, 0.2) is 0 Å². The normalized spacial score (nSPS) is 23.5. The first-order valence-corrected chi connectivity index (χ1v) is 14.9. The number of nitrogens with one attached hydrogen (secondary N) is 2. The molecule has 3 fully saturated rings. The molecule has 8 rings (SSSR count). The third kappa shape index (κ3) is 4.07. The van der Waals surface area contributed by atoms with Crippen molar-refractivity contribution in [2.24, 2.45) is 0 Å². The molecular weight excluding hydrogens is 534 g/mol. The van der Waals surface area contributed by atoms with E-state index in [2.05, 4.69) is 50.7 Å². The Balaban J connectivity index is 0.961. The number of aromatic nitrogens is 2. The lowest BCUT2D eigenvalue weighted by Crippen LogP contribution is -2.52. The SMILES string of the molecule is O=C1CCC(N2Cc3c(ccc4c3OCC43CCN(Cc4cccc(-c5cn[nH]c5C5COC5)c4)CC3)C2=O)C(=O)N1. The van der Waals surface area contributed by atoms with Crippen molar-refractivity contribution in [3.8, 4) is 16.9 Å². The van der Waals surface area contributed by atoms with Gasteiger partial charge in [-0.1, -0.05) is 24.3 Å². The largest absolute Gasteiger partial charge is 0.492 e. The summed E-state index contributed by atoms with van der Waals surface area (Å²) in [5.41, 5.74) is 7.40. The highest BCUT2D eigenvalue weighted by molar-refractivity contribution is 6.05. The van der Waals surface area contributed by atoms with Crippen LogP contribution in [0.1, 0.15) is 64.3 Å². The van der Waals surface area contributed by atoms with Gasteiger partial charge in [0, 0.05) is 46.6 Å². The number of carbonyl (C=O) groups is 3. The molecule has 3 aromatic rings.